The zero-order chi connectivity index (χ0) is 15.8. The number of hydrogen-bond acceptors (Lipinski definition) is 6. The fourth-order valence-electron chi connectivity index (χ4n) is 1.42. The van der Waals surface area contributed by atoms with E-state index in [1.54, 1.807) is 12.1 Å². The van der Waals surface area contributed by atoms with Crippen molar-refractivity contribution in [3.63, 3.8) is 0 Å². The number of carbonyl (C=O) groups excluding carboxylic acids is 3. The molecule has 0 saturated heterocycles. The number of ether oxygens (including phenoxy) is 3. The van der Waals surface area contributed by atoms with Crippen LogP contribution in [0.25, 0.3) is 0 Å². The Bertz CT molecular complexity index is 561. The Labute approximate surface area is 122 Å². The molecule has 21 heavy (non-hydrogen) atoms. The predicted octanol–water partition coefficient (Wildman–Crippen LogP) is 1.75. The highest BCUT2D eigenvalue weighted by Gasteiger charge is 2.18. The van der Waals surface area contributed by atoms with Gasteiger partial charge in [-0.3, -0.25) is 0 Å². The third kappa shape index (κ3) is 4.76. The van der Waals surface area contributed by atoms with Crippen molar-refractivity contribution in [1.29, 1.82) is 0 Å². The zero-order valence-electron chi connectivity index (χ0n) is 11.9. The van der Waals surface area contributed by atoms with Crippen molar-refractivity contribution in [2.75, 3.05) is 20.3 Å². The van der Waals surface area contributed by atoms with Crippen LogP contribution in [0, 0.1) is 0 Å². The SMILES string of the molecule is C=C(C)C(=O)OCCOC(=O)c1ccccc1C(=O)OC. The topological polar surface area (TPSA) is 78.9 Å². The van der Waals surface area contributed by atoms with E-state index >= 15 is 0 Å². The van der Waals surface area contributed by atoms with Gasteiger partial charge in [-0.1, -0.05) is 18.7 Å². The summed E-state index contributed by atoms with van der Waals surface area (Å²) in [5, 5.41) is 0. The van der Waals surface area contributed by atoms with Gasteiger partial charge in [0.2, 0.25) is 0 Å². The Morgan fingerprint density at radius 1 is 1.00 bits per heavy atom. The van der Waals surface area contributed by atoms with Crippen LogP contribution in [0.3, 0.4) is 0 Å². The molecule has 0 spiro atoms. The van der Waals surface area contributed by atoms with Crippen LogP contribution < -0.4 is 0 Å². The zero-order valence-corrected chi connectivity index (χ0v) is 11.9. The quantitative estimate of drug-likeness (QED) is 0.344. The number of carbonyl (C=O) groups is 3. The lowest BCUT2D eigenvalue weighted by Crippen LogP contribution is -2.16. The molecule has 1 aromatic rings. The van der Waals surface area contributed by atoms with Crippen LogP contribution >= 0.6 is 0 Å². The van der Waals surface area contributed by atoms with Gasteiger partial charge in [-0.05, 0) is 19.1 Å². The minimum absolute atomic E-state index is 0.0855. The number of esters is 3. The van der Waals surface area contributed by atoms with Crippen molar-refractivity contribution in [3.8, 4) is 0 Å². The van der Waals surface area contributed by atoms with E-state index in [2.05, 4.69) is 11.3 Å². The maximum Gasteiger partial charge on any atom is 0.339 e. The molecule has 0 heterocycles. The average Bonchev–Trinajstić information content (AvgIpc) is 2.50. The summed E-state index contributed by atoms with van der Waals surface area (Å²) >= 11 is 0. The van der Waals surface area contributed by atoms with Crippen molar-refractivity contribution in [2.24, 2.45) is 0 Å². The fraction of sp³-hybridized carbons (Fsp3) is 0.267. The Morgan fingerprint density at radius 3 is 2.05 bits per heavy atom. The van der Waals surface area contributed by atoms with E-state index in [9.17, 15) is 14.4 Å². The van der Waals surface area contributed by atoms with Crippen LogP contribution in [0.2, 0.25) is 0 Å². The highest BCUT2D eigenvalue weighted by molar-refractivity contribution is 6.03. The molecular formula is C15H16O6. The Morgan fingerprint density at radius 2 is 1.52 bits per heavy atom. The second-order valence-corrected chi connectivity index (χ2v) is 4.09. The Kier molecular flexibility index (Phi) is 6.13. The molecule has 0 fully saturated rings. The van der Waals surface area contributed by atoms with E-state index in [0.29, 0.717) is 0 Å². The van der Waals surface area contributed by atoms with Crippen LogP contribution in [0.1, 0.15) is 27.6 Å². The lowest BCUT2D eigenvalue weighted by Gasteiger charge is -2.08. The first kappa shape index (κ1) is 16.4. The lowest BCUT2D eigenvalue weighted by atomic mass is 10.1. The summed E-state index contributed by atoms with van der Waals surface area (Å²) in [4.78, 5) is 34.5. The molecule has 0 radical (unpaired) electrons. The minimum atomic E-state index is -0.692. The van der Waals surface area contributed by atoms with Crippen molar-refractivity contribution < 1.29 is 28.6 Å². The maximum atomic E-state index is 11.9. The van der Waals surface area contributed by atoms with Crippen LogP contribution in [0.5, 0.6) is 0 Å². The fourth-order valence-corrected chi connectivity index (χ4v) is 1.42. The smallest absolute Gasteiger partial charge is 0.339 e. The molecule has 0 amide bonds. The first-order chi connectivity index (χ1) is 9.97. The van der Waals surface area contributed by atoms with Gasteiger partial charge in [0.25, 0.3) is 0 Å². The Hall–Kier alpha value is -2.63. The van der Waals surface area contributed by atoms with E-state index in [1.807, 2.05) is 0 Å². The van der Waals surface area contributed by atoms with Crippen molar-refractivity contribution in [1.82, 2.24) is 0 Å². The van der Waals surface area contributed by atoms with Gasteiger partial charge < -0.3 is 14.2 Å². The summed E-state index contributed by atoms with van der Waals surface area (Å²) in [5.74, 6) is -1.88. The first-order valence-electron chi connectivity index (χ1n) is 6.14. The summed E-state index contributed by atoms with van der Waals surface area (Å²) in [6.07, 6.45) is 0. The summed E-state index contributed by atoms with van der Waals surface area (Å²) in [6.45, 7) is 4.73. The van der Waals surface area contributed by atoms with Gasteiger partial charge in [-0.15, -0.1) is 0 Å². The van der Waals surface area contributed by atoms with Gasteiger partial charge in [-0.2, -0.15) is 0 Å². The molecule has 0 atom stereocenters. The standard InChI is InChI=1S/C15H16O6/c1-10(2)13(16)20-8-9-21-15(18)12-7-5-4-6-11(12)14(17)19-3/h4-7H,1,8-9H2,2-3H3. The third-order valence-electron chi connectivity index (χ3n) is 2.45. The molecule has 0 saturated carbocycles. The van der Waals surface area contributed by atoms with Crippen LogP contribution in [-0.4, -0.2) is 38.2 Å². The summed E-state index contributed by atoms with van der Waals surface area (Å²) in [6, 6.07) is 6.12. The Balaban J connectivity index is 2.59. The summed E-state index contributed by atoms with van der Waals surface area (Å²) in [5.41, 5.74) is 0.469. The maximum absolute atomic E-state index is 11.9. The largest absolute Gasteiger partial charge is 0.465 e. The normalized spacial score (nSPS) is 9.62. The second-order valence-electron chi connectivity index (χ2n) is 4.09. The predicted molar refractivity (Wildman–Crippen MR) is 73.8 cm³/mol. The lowest BCUT2D eigenvalue weighted by molar-refractivity contribution is -0.140. The number of rotatable bonds is 6. The van der Waals surface area contributed by atoms with Gasteiger partial charge in [0.1, 0.15) is 13.2 Å². The van der Waals surface area contributed by atoms with E-state index in [4.69, 9.17) is 9.47 Å². The van der Waals surface area contributed by atoms with Gasteiger partial charge in [0.05, 0.1) is 18.2 Å². The van der Waals surface area contributed by atoms with Gasteiger partial charge in [0.15, 0.2) is 0 Å². The third-order valence-corrected chi connectivity index (χ3v) is 2.45. The molecule has 0 aliphatic heterocycles. The minimum Gasteiger partial charge on any atom is -0.465 e. The van der Waals surface area contributed by atoms with E-state index in [-0.39, 0.29) is 29.9 Å². The second kappa shape index (κ2) is 7.84. The van der Waals surface area contributed by atoms with Crippen LogP contribution in [-0.2, 0) is 19.0 Å². The molecule has 1 rings (SSSR count). The molecule has 0 bridgehead atoms. The molecule has 1 aromatic carbocycles. The molecular weight excluding hydrogens is 276 g/mol. The average molecular weight is 292 g/mol. The van der Waals surface area contributed by atoms with Crippen LogP contribution in [0.15, 0.2) is 36.4 Å². The first-order valence-corrected chi connectivity index (χ1v) is 6.14. The monoisotopic (exact) mass is 292 g/mol. The highest BCUT2D eigenvalue weighted by atomic mass is 16.6. The number of hydrogen-bond donors (Lipinski definition) is 0. The van der Waals surface area contributed by atoms with Crippen molar-refractivity contribution >= 4 is 17.9 Å². The van der Waals surface area contributed by atoms with Gasteiger partial charge in [-0.25, -0.2) is 14.4 Å². The van der Waals surface area contributed by atoms with Crippen LogP contribution in [0.4, 0.5) is 0 Å². The number of methoxy groups -OCH3 is 1. The number of benzene rings is 1. The molecule has 0 aromatic heterocycles. The van der Waals surface area contributed by atoms with E-state index in [0.717, 1.165) is 0 Å². The summed E-state index contributed by atoms with van der Waals surface area (Å²) in [7, 11) is 1.22. The molecule has 0 N–H and O–H groups in total. The van der Waals surface area contributed by atoms with Crippen molar-refractivity contribution in [3.05, 3.63) is 47.5 Å². The molecule has 0 aliphatic carbocycles. The molecule has 0 aliphatic rings. The van der Waals surface area contributed by atoms with Crippen molar-refractivity contribution in [2.45, 2.75) is 6.92 Å². The van der Waals surface area contributed by atoms with E-state index < -0.39 is 17.9 Å². The van der Waals surface area contributed by atoms with Gasteiger partial charge >= 0.3 is 17.9 Å². The molecule has 6 nitrogen and oxygen atoms in total. The molecule has 112 valence electrons. The highest BCUT2D eigenvalue weighted by Crippen LogP contribution is 2.11. The molecule has 6 heteroatoms. The van der Waals surface area contributed by atoms with E-state index in [1.165, 1.54) is 26.2 Å². The summed E-state index contributed by atoms with van der Waals surface area (Å²) < 4.78 is 14.3. The molecule has 0 unspecified atom stereocenters. The van der Waals surface area contributed by atoms with Gasteiger partial charge in [0, 0.05) is 5.57 Å².